The number of aromatic nitrogens is 4. The summed E-state index contributed by atoms with van der Waals surface area (Å²) >= 11 is 0. The van der Waals surface area contributed by atoms with Gasteiger partial charge in [-0.3, -0.25) is 0 Å². The molecule has 41 heavy (non-hydrogen) atoms. The molecule has 2 saturated heterocycles. The summed E-state index contributed by atoms with van der Waals surface area (Å²) in [5, 5.41) is 5.95. The Kier molecular flexibility index (Phi) is 6.35. The molecule has 0 saturated carbocycles. The number of ether oxygens (including phenoxy) is 1. The maximum absolute atomic E-state index is 6.08. The normalized spacial score (nSPS) is 19.4. The van der Waals surface area contributed by atoms with Crippen molar-refractivity contribution in [2.45, 2.75) is 64.1 Å². The molecule has 3 N–H and O–H groups in total. The van der Waals surface area contributed by atoms with Gasteiger partial charge >= 0.3 is 0 Å². The van der Waals surface area contributed by atoms with Gasteiger partial charge in [-0.2, -0.15) is 0 Å². The number of aromatic amines is 2. The summed E-state index contributed by atoms with van der Waals surface area (Å²) in [4.78, 5) is 19.0. The minimum atomic E-state index is -0.272. The number of benzene rings is 3. The molecule has 2 atom stereocenters. The van der Waals surface area contributed by atoms with E-state index in [0.717, 1.165) is 72.2 Å². The minimum absolute atomic E-state index is 0.152. The van der Waals surface area contributed by atoms with Crippen LogP contribution in [0.3, 0.4) is 0 Å². The number of fused-ring (bicyclic) bond motifs is 2. The third-order valence-corrected chi connectivity index (χ3v) is 8.28. The highest BCUT2D eigenvalue weighted by Gasteiger charge is 2.31. The molecule has 210 valence electrons. The molecule has 0 aliphatic carbocycles. The number of nitrogens with one attached hydrogen (secondary N) is 3. The molecule has 2 fully saturated rings. The first kappa shape index (κ1) is 25.8. The molecule has 5 aromatic rings. The predicted molar refractivity (Wildman–Crippen MR) is 165 cm³/mol. The number of nitrogens with zero attached hydrogens (tertiary/aromatic N) is 3. The second-order valence-corrected chi connectivity index (χ2v) is 12.4. The molecule has 2 aliphatic heterocycles. The Morgan fingerprint density at radius 3 is 2.44 bits per heavy atom. The number of rotatable bonds is 6. The van der Waals surface area contributed by atoms with E-state index in [2.05, 4.69) is 102 Å². The van der Waals surface area contributed by atoms with Crippen LogP contribution in [0.1, 0.15) is 70.2 Å². The van der Waals surface area contributed by atoms with Crippen LogP contribution in [0.2, 0.25) is 0 Å². The first-order valence-electron chi connectivity index (χ1n) is 14.8. The van der Waals surface area contributed by atoms with Crippen molar-refractivity contribution in [2.24, 2.45) is 0 Å². The van der Waals surface area contributed by atoms with Crippen LogP contribution in [0.5, 0.6) is 0 Å². The van der Waals surface area contributed by atoms with Gasteiger partial charge in [0, 0.05) is 12.1 Å². The van der Waals surface area contributed by atoms with E-state index in [1.54, 1.807) is 0 Å². The number of imidazole rings is 2. The van der Waals surface area contributed by atoms with Crippen LogP contribution in [0.25, 0.3) is 44.2 Å². The Morgan fingerprint density at radius 1 is 0.902 bits per heavy atom. The summed E-state index contributed by atoms with van der Waals surface area (Å²) in [6, 6.07) is 20.3. The topological polar surface area (TPSA) is 81.9 Å². The van der Waals surface area contributed by atoms with Crippen LogP contribution < -0.4 is 5.32 Å². The summed E-state index contributed by atoms with van der Waals surface area (Å²) < 4.78 is 6.08. The van der Waals surface area contributed by atoms with Crippen molar-refractivity contribution < 1.29 is 4.74 Å². The average molecular weight is 547 g/mol. The van der Waals surface area contributed by atoms with Gasteiger partial charge in [-0.15, -0.1) is 0 Å². The summed E-state index contributed by atoms with van der Waals surface area (Å²) in [6.45, 7) is 12.4. The minimum Gasteiger partial charge on any atom is -0.474 e. The lowest BCUT2D eigenvalue weighted by molar-refractivity contribution is -0.00141. The molecule has 7 rings (SSSR count). The zero-order valence-electron chi connectivity index (χ0n) is 24.1. The second kappa shape index (κ2) is 10.1. The van der Waals surface area contributed by atoms with Crippen molar-refractivity contribution in [3.8, 4) is 22.4 Å². The van der Waals surface area contributed by atoms with E-state index in [1.165, 1.54) is 28.3 Å². The fourth-order valence-electron chi connectivity index (χ4n) is 6.30. The molecular formula is C34H38N6O. The van der Waals surface area contributed by atoms with Crippen molar-refractivity contribution in [2.75, 3.05) is 13.1 Å². The van der Waals surface area contributed by atoms with Gasteiger partial charge < -0.3 is 24.9 Å². The SMILES string of the molecule is C=C(OC(C)(C)C)N1CCC[C@H]1c1ncc(-c2ccc3cc(-c4ccc5nc([C@@H]6CCCN6)[nH]c5c4)ccc3c2)[nH]1. The second-order valence-electron chi connectivity index (χ2n) is 12.4. The molecule has 0 unspecified atom stereocenters. The van der Waals surface area contributed by atoms with Crippen LogP contribution >= 0.6 is 0 Å². The van der Waals surface area contributed by atoms with Gasteiger partial charge in [-0.25, -0.2) is 9.97 Å². The highest BCUT2D eigenvalue weighted by molar-refractivity contribution is 5.91. The summed E-state index contributed by atoms with van der Waals surface area (Å²) in [6.07, 6.45) is 6.42. The van der Waals surface area contributed by atoms with Gasteiger partial charge in [0.15, 0.2) is 5.88 Å². The Morgan fingerprint density at radius 2 is 1.66 bits per heavy atom. The fourth-order valence-corrected chi connectivity index (χ4v) is 6.30. The Balaban J connectivity index is 1.12. The molecule has 2 aliphatic rings. The van der Waals surface area contributed by atoms with Crippen molar-refractivity contribution in [1.29, 1.82) is 0 Å². The lowest BCUT2D eigenvalue weighted by Gasteiger charge is -2.32. The quantitative estimate of drug-likeness (QED) is 0.191. The van der Waals surface area contributed by atoms with E-state index in [9.17, 15) is 0 Å². The monoisotopic (exact) mass is 546 g/mol. The molecule has 4 heterocycles. The molecule has 7 nitrogen and oxygen atoms in total. The molecule has 0 radical (unpaired) electrons. The molecule has 0 bridgehead atoms. The molecule has 2 aromatic heterocycles. The Bertz CT molecular complexity index is 1740. The van der Waals surface area contributed by atoms with Gasteiger partial charge in [0.05, 0.1) is 35.0 Å². The van der Waals surface area contributed by atoms with Crippen molar-refractivity contribution in [1.82, 2.24) is 30.2 Å². The zero-order chi connectivity index (χ0) is 28.1. The van der Waals surface area contributed by atoms with E-state index in [-0.39, 0.29) is 11.6 Å². The molecule has 0 amide bonds. The van der Waals surface area contributed by atoms with Crippen molar-refractivity contribution in [3.63, 3.8) is 0 Å². The van der Waals surface area contributed by atoms with Crippen LogP contribution in [-0.4, -0.2) is 43.5 Å². The number of hydrogen-bond acceptors (Lipinski definition) is 5. The third kappa shape index (κ3) is 5.10. The van der Waals surface area contributed by atoms with E-state index in [1.807, 2.05) is 6.20 Å². The highest BCUT2D eigenvalue weighted by atomic mass is 16.5. The first-order valence-corrected chi connectivity index (χ1v) is 14.8. The van der Waals surface area contributed by atoms with Gasteiger partial charge in [0.2, 0.25) is 0 Å². The average Bonchev–Trinajstić information content (AvgIpc) is 3.77. The largest absolute Gasteiger partial charge is 0.474 e. The van der Waals surface area contributed by atoms with Crippen LogP contribution in [0.4, 0.5) is 0 Å². The number of H-pyrrole nitrogens is 2. The van der Waals surface area contributed by atoms with E-state index in [0.29, 0.717) is 6.04 Å². The molecular weight excluding hydrogens is 508 g/mol. The smallest absolute Gasteiger partial charge is 0.183 e. The number of hydrogen-bond donors (Lipinski definition) is 3. The molecule has 0 spiro atoms. The van der Waals surface area contributed by atoms with Gasteiger partial charge in [-0.1, -0.05) is 30.3 Å². The Labute approximate surface area is 241 Å². The van der Waals surface area contributed by atoms with Gasteiger partial charge in [0.25, 0.3) is 0 Å². The van der Waals surface area contributed by atoms with Gasteiger partial charge in [-0.05, 0) is 106 Å². The standard InChI is InChI=1S/C34H38N6O/c1-21(41-34(2,3)4)40-16-6-8-31(40)33-36-20-30(39-33)26-12-11-22-17-23(9-10-24(22)18-26)25-13-14-27-29(19-25)38-32(37-27)28-7-5-15-35-28/h9-14,17-20,28,31,35H,1,5-8,15-16H2,2-4H3,(H,36,39)(H,37,38)/t28-,31-/m0/s1. The molecule has 3 aromatic carbocycles. The summed E-state index contributed by atoms with van der Waals surface area (Å²) in [5.41, 5.74) is 6.38. The summed E-state index contributed by atoms with van der Waals surface area (Å²) in [7, 11) is 0. The highest BCUT2D eigenvalue weighted by Crippen LogP contribution is 2.36. The van der Waals surface area contributed by atoms with Crippen LogP contribution in [0.15, 0.2) is 73.3 Å². The van der Waals surface area contributed by atoms with E-state index >= 15 is 0 Å². The van der Waals surface area contributed by atoms with Crippen molar-refractivity contribution in [3.05, 3.63) is 84.9 Å². The first-order chi connectivity index (χ1) is 19.8. The Hall–Kier alpha value is -4.10. The van der Waals surface area contributed by atoms with Crippen LogP contribution in [0, 0.1) is 0 Å². The zero-order valence-corrected chi connectivity index (χ0v) is 24.1. The van der Waals surface area contributed by atoms with Crippen LogP contribution in [-0.2, 0) is 4.74 Å². The van der Waals surface area contributed by atoms with E-state index < -0.39 is 0 Å². The lowest BCUT2D eigenvalue weighted by atomic mass is 9.99. The van der Waals surface area contributed by atoms with Gasteiger partial charge in [0.1, 0.15) is 17.2 Å². The maximum Gasteiger partial charge on any atom is 0.183 e. The van der Waals surface area contributed by atoms with E-state index in [4.69, 9.17) is 14.7 Å². The third-order valence-electron chi connectivity index (χ3n) is 8.28. The van der Waals surface area contributed by atoms with Crippen molar-refractivity contribution >= 4 is 21.8 Å². The lowest BCUT2D eigenvalue weighted by Crippen LogP contribution is -2.29. The maximum atomic E-state index is 6.08. The summed E-state index contributed by atoms with van der Waals surface area (Å²) in [5.74, 6) is 2.73. The number of likely N-dealkylation sites (tertiary alicyclic amines) is 1. The molecule has 7 heteroatoms. The predicted octanol–water partition coefficient (Wildman–Crippen LogP) is 7.62. The fraction of sp³-hybridized carbons (Fsp3) is 0.353.